The van der Waals surface area contributed by atoms with E-state index in [1.54, 1.807) is 133 Å². The summed E-state index contributed by atoms with van der Waals surface area (Å²) in [5.74, 6) is 1.54. The zero-order chi connectivity index (χ0) is 92.8. The number of carbonyl (C=O) groups excluding carboxylic acids is 3. The second-order valence-corrected chi connectivity index (χ2v) is 34.3. The largest absolute Gasteiger partial charge is 1.00 e. The van der Waals surface area contributed by atoms with E-state index in [1.165, 1.54) is 87.4 Å². The van der Waals surface area contributed by atoms with Crippen LogP contribution in [0.15, 0.2) is 323 Å². The maximum absolute atomic E-state index is 12.4. The Hall–Kier alpha value is -1.23. The first-order valence-corrected chi connectivity index (χ1v) is 46.7. The summed E-state index contributed by atoms with van der Waals surface area (Å²) in [7, 11) is 2.91. The van der Waals surface area contributed by atoms with Crippen molar-refractivity contribution < 1.29 is 388 Å². The number of para-hydroxylation sites is 1. The molecule has 0 aromatic heterocycles. The van der Waals surface area contributed by atoms with Gasteiger partial charge in [0, 0.05) is 63.9 Å². The summed E-state index contributed by atoms with van der Waals surface area (Å²) < 4.78 is 204. The second-order valence-electron chi connectivity index (χ2n) is 25.9. The van der Waals surface area contributed by atoms with E-state index in [1.807, 2.05) is 126 Å². The zero-order valence-corrected chi connectivity index (χ0v) is 103. The van der Waals surface area contributed by atoms with Crippen LogP contribution in [-0.2, 0) is 109 Å². The van der Waals surface area contributed by atoms with E-state index in [0.717, 1.165) is 45.0 Å². The van der Waals surface area contributed by atoms with Crippen LogP contribution in [0.3, 0.4) is 0 Å². The van der Waals surface area contributed by atoms with Crippen LogP contribution in [0.25, 0.3) is 10.8 Å². The summed E-state index contributed by atoms with van der Waals surface area (Å²) in [5.41, 5.74) is 8.66. The summed E-state index contributed by atoms with van der Waals surface area (Å²) in [6, 6.07) is 76.9. The molecule has 12 rings (SSSR count). The molecule has 5 N–H and O–H groups in total. The van der Waals surface area contributed by atoms with Gasteiger partial charge in [0.2, 0.25) is 5.91 Å². The van der Waals surface area contributed by atoms with Gasteiger partial charge < -0.3 is 76.5 Å². The standard InChI is InChI=1S/C18H21NO4S.C13H12N2O3S.C10H8O2S.C10H14O2S.C9H11NO4S.C7H8O3S.3C7H8O2S.2K.6Na/c1-4-16(23-17-10-5-12(2)11-13(17)3)18(20)19-14-6-8-15(9-7-14)24(21)22;16-13(14-10-4-2-1-3-5-10)15-11-6-8-12(9-7-11)19(17)18;11-13(12)10-7-3-5-8-4-1-2-6-9(8)10;1-3-8(2)9-4-6-10(7-5-9)13(11)12;1-6(11)10-7-3-4-8(14-2)9(5-7)15(12)13;1-10-6-2-4-7(5-3-6)11(8)9;3*1-6-2-4-7(5-3-6)10(8)9;;;;;;;;/h5-11,16H,4H2,1-3H3,(H,19,20)(H,21,22);1-9H,(H,17,18)(H2,14,15,16);1-7H,(H,11,12);4-8H,3H2,1-2H3,(H,11,12);3-5H,1-2H3,(H,10,11)(H,12,13);2-5H,1H3,(H,8,9);3*2-5H,1H3,(H,8,9);;;;;;;;/q;;;;;;;;;8*+1/p-8. The number of carbonyl (C=O) groups is 3. The Balaban J connectivity index is -0.000000465. The van der Waals surface area contributed by atoms with Crippen molar-refractivity contribution in [2.75, 3.05) is 35.5 Å². The molecule has 12 aromatic carbocycles. The monoisotopic (exact) mass is 2090 g/mol. The molecular weight excluding hydrogens is 2000 g/mol. The number of rotatable bonds is 21. The number of methoxy groups -OCH3 is 2. The number of hydrogen-bond acceptors (Lipinski definition) is 23. The Morgan fingerprint density at radius 3 is 1.07 bits per heavy atom. The molecule has 0 saturated heterocycles. The zero-order valence-electron chi connectivity index (χ0n) is 77.1. The van der Waals surface area contributed by atoms with Gasteiger partial charge in [-0.2, -0.15) is 0 Å². The second kappa shape index (κ2) is 78.2. The van der Waals surface area contributed by atoms with Gasteiger partial charge in [-0.1, -0.05) is 158 Å². The third-order valence-corrected chi connectivity index (χ3v) is 22.7. The normalized spacial score (nSPS) is 12.1. The van der Waals surface area contributed by atoms with E-state index in [2.05, 4.69) is 35.1 Å². The number of urea groups is 1. The Labute approximate surface area is 1020 Å². The van der Waals surface area contributed by atoms with Gasteiger partial charge in [0.1, 0.15) is 17.2 Å². The molecule has 0 radical (unpaired) electrons. The summed E-state index contributed by atoms with van der Waals surface area (Å²) >= 11 is -19.3. The molecule has 45 heteroatoms. The van der Waals surface area contributed by atoms with Crippen LogP contribution < -0.4 is 316 Å². The van der Waals surface area contributed by atoms with Crippen LogP contribution in [0.2, 0.25) is 0 Å². The molecule has 668 valence electrons. The molecule has 0 fully saturated rings. The van der Waals surface area contributed by atoms with Crippen molar-refractivity contribution >= 4 is 151 Å². The van der Waals surface area contributed by atoms with Crippen molar-refractivity contribution in [1.29, 1.82) is 0 Å². The van der Waals surface area contributed by atoms with E-state index < -0.39 is 106 Å². The smallest absolute Gasteiger partial charge is 0.768 e. The topological polar surface area (TPSA) is 485 Å². The first-order valence-electron chi connectivity index (χ1n) is 37.0. The van der Waals surface area contributed by atoms with Gasteiger partial charge >= 0.3 is 286 Å². The number of anilines is 4. The van der Waals surface area contributed by atoms with E-state index in [-0.39, 0.29) is 323 Å². The third kappa shape index (κ3) is 56.6. The van der Waals surface area contributed by atoms with Crippen molar-refractivity contribution in [1.82, 2.24) is 0 Å². The summed E-state index contributed by atoms with van der Waals surface area (Å²) in [4.78, 5) is 37.3. The van der Waals surface area contributed by atoms with E-state index in [4.69, 9.17) is 18.8 Å². The van der Waals surface area contributed by atoms with Crippen molar-refractivity contribution in [3.05, 3.63) is 312 Å². The fourth-order valence-electron chi connectivity index (χ4n) is 9.96. The molecule has 0 aliphatic heterocycles. The minimum absolute atomic E-state index is 0. The minimum Gasteiger partial charge on any atom is -0.768 e. The predicted molar refractivity (Wildman–Crippen MR) is 481 cm³/mol. The average molecular weight is 2090 g/mol. The molecule has 12 aromatic rings. The van der Waals surface area contributed by atoms with Crippen molar-refractivity contribution in [2.45, 2.75) is 131 Å². The Morgan fingerprint density at radius 1 is 0.353 bits per heavy atom. The van der Waals surface area contributed by atoms with Crippen molar-refractivity contribution in [3.8, 4) is 17.2 Å². The maximum Gasteiger partial charge on any atom is 1.00 e. The van der Waals surface area contributed by atoms with Gasteiger partial charge in [0.25, 0.3) is 5.91 Å². The third-order valence-electron chi connectivity index (χ3n) is 16.7. The molecule has 0 bridgehead atoms. The number of fused-ring (bicyclic) bond motifs is 1. The number of hydrogen-bond donors (Lipinski definition) is 5. The predicted octanol–water partition coefficient (Wildman–Crippen LogP) is -7.68. The van der Waals surface area contributed by atoms with E-state index >= 15 is 0 Å². The Bertz CT molecular complexity index is 5530. The number of nitrogens with one attached hydrogen (secondary N) is 4. The molecule has 133 heavy (non-hydrogen) atoms. The van der Waals surface area contributed by atoms with Gasteiger partial charge in [-0.15, -0.1) is 0 Å². The summed E-state index contributed by atoms with van der Waals surface area (Å²) in [6.45, 7) is 17.2. The summed E-state index contributed by atoms with van der Waals surface area (Å²) in [5, 5.41) is 12.2. The molecule has 11 unspecified atom stereocenters. The molecule has 4 amide bonds. The Morgan fingerprint density at radius 2 is 0.699 bits per heavy atom. The van der Waals surface area contributed by atoms with Crippen LogP contribution in [0.1, 0.15) is 79.8 Å². The Kier molecular flexibility index (Phi) is 82.5. The number of ether oxygens (including phenoxy) is 3. The molecule has 0 heterocycles. The van der Waals surface area contributed by atoms with Gasteiger partial charge in [-0.3, -0.25) is 43.3 Å². The first kappa shape index (κ1) is 140. The summed E-state index contributed by atoms with van der Waals surface area (Å²) in [6.07, 6.45) is 0.960. The quantitative estimate of drug-likeness (QED) is 0.0329. The van der Waals surface area contributed by atoms with Crippen molar-refractivity contribution in [3.63, 3.8) is 0 Å². The maximum atomic E-state index is 12.4. The van der Waals surface area contributed by atoms with E-state index in [0.29, 0.717) is 71.1 Å². The van der Waals surface area contributed by atoms with Gasteiger partial charge in [-0.05, 0) is 328 Å². The van der Waals surface area contributed by atoms with Crippen LogP contribution in [0, 0.1) is 34.6 Å². The number of aryl methyl sites for hydroxylation is 5. The number of benzene rings is 12. The fourth-order valence-corrected chi connectivity index (χ4v) is 13.6. The molecule has 0 aliphatic rings. The molecule has 0 aliphatic carbocycles. The van der Waals surface area contributed by atoms with Crippen LogP contribution in [-0.4, -0.2) is 117 Å². The van der Waals surface area contributed by atoms with Gasteiger partial charge in [-0.25, -0.2) is 9.00 Å². The van der Waals surface area contributed by atoms with E-state index in [9.17, 15) is 88.7 Å². The molecule has 0 spiro atoms. The van der Waals surface area contributed by atoms with Gasteiger partial charge in [0.05, 0.1) is 24.0 Å². The number of amides is 4. The van der Waals surface area contributed by atoms with Crippen LogP contribution in [0.4, 0.5) is 27.5 Å². The molecule has 28 nitrogen and oxygen atoms in total. The minimum atomic E-state index is -2.39. The SMILES string of the molecule is CCC(C)c1ccc(S(=O)[O-])cc1.CCC(Oc1ccc(C)cc1C)C(=O)Nc1ccc(S(=O)[O-])cc1.COc1ccc(NC(C)=O)cc1S(=O)[O-].COc1ccc(S(=O)[O-])cc1.Cc1ccc(S(=O)O)cc1.Cc1ccc(S(=O)[O-])cc1.Cc1ccc(S(=O)[O-])cc1.O=C(Nc1ccccc1)Nc1ccc(S(=O)[O-])cc1.O=S([O-])c1cccc2ccccc12.[K+].[K+].[Na+].[Na+].[Na+].[Na+].[Na+].[Na+]. The average Bonchev–Trinajstić information content (AvgIpc) is 0.824. The van der Waals surface area contributed by atoms with Gasteiger partial charge in [0.15, 0.2) is 17.2 Å². The fraction of sp³-hybridized carbons (Fsp3) is 0.170. The van der Waals surface area contributed by atoms with Crippen LogP contribution >= 0.6 is 0 Å². The molecule has 11 atom stereocenters. The molecular formula is C88H90K2N4Na6O24S9. The van der Waals surface area contributed by atoms with Crippen LogP contribution in [0.5, 0.6) is 17.2 Å². The molecule has 0 saturated carbocycles. The first-order chi connectivity index (χ1) is 59.4. The van der Waals surface area contributed by atoms with Crippen molar-refractivity contribution in [2.24, 2.45) is 0 Å².